The summed E-state index contributed by atoms with van der Waals surface area (Å²) in [6.07, 6.45) is 0.629. The molecule has 0 bridgehead atoms. The molecular formula is C14H20Cl2N2O2. The van der Waals surface area contributed by atoms with Crippen molar-refractivity contribution in [1.29, 1.82) is 0 Å². The molecule has 0 spiro atoms. The summed E-state index contributed by atoms with van der Waals surface area (Å²) in [6, 6.07) is 5.42. The van der Waals surface area contributed by atoms with Crippen LogP contribution in [0.25, 0.3) is 0 Å². The van der Waals surface area contributed by atoms with Gasteiger partial charge in [0.1, 0.15) is 0 Å². The Labute approximate surface area is 129 Å². The van der Waals surface area contributed by atoms with Gasteiger partial charge in [-0.05, 0) is 32.0 Å². The summed E-state index contributed by atoms with van der Waals surface area (Å²) < 4.78 is 0. The lowest BCUT2D eigenvalue weighted by Gasteiger charge is -2.21. The van der Waals surface area contributed by atoms with E-state index in [1.807, 2.05) is 19.1 Å². The molecule has 0 heterocycles. The molecular weight excluding hydrogens is 299 g/mol. The number of hydrogen-bond donors (Lipinski definition) is 2. The van der Waals surface area contributed by atoms with Crippen molar-refractivity contribution in [2.45, 2.75) is 19.4 Å². The minimum atomic E-state index is -0.0778. The Morgan fingerprint density at radius 3 is 2.80 bits per heavy atom. The third-order valence-electron chi connectivity index (χ3n) is 3.16. The number of aliphatic hydroxyl groups excluding tert-OH is 1. The van der Waals surface area contributed by atoms with Gasteiger partial charge in [-0.1, -0.05) is 35.3 Å². The summed E-state index contributed by atoms with van der Waals surface area (Å²) in [6.45, 7) is 2.65. The topological polar surface area (TPSA) is 52.6 Å². The zero-order chi connectivity index (χ0) is 15.1. The second kappa shape index (κ2) is 8.47. The normalized spacial score (nSPS) is 12.5. The van der Waals surface area contributed by atoms with E-state index in [4.69, 9.17) is 28.3 Å². The predicted octanol–water partition coefficient (Wildman–Crippen LogP) is 1.96. The fourth-order valence-corrected chi connectivity index (χ4v) is 2.07. The second-order valence-electron chi connectivity index (χ2n) is 4.76. The highest BCUT2D eigenvalue weighted by Crippen LogP contribution is 2.25. The van der Waals surface area contributed by atoms with E-state index in [1.165, 1.54) is 0 Å². The molecule has 0 radical (unpaired) electrons. The lowest BCUT2D eigenvalue weighted by molar-refractivity contribution is -0.122. The van der Waals surface area contributed by atoms with Crippen molar-refractivity contribution in [2.75, 3.05) is 26.7 Å². The van der Waals surface area contributed by atoms with E-state index in [2.05, 4.69) is 5.32 Å². The van der Waals surface area contributed by atoms with E-state index < -0.39 is 0 Å². The number of halogens is 2. The Bertz CT molecular complexity index is 455. The number of likely N-dealkylation sites (N-methyl/N-ethyl adjacent to an activating group) is 1. The zero-order valence-electron chi connectivity index (χ0n) is 11.7. The fraction of sp³-hybridized carbons (Fsp3) is 0.500. The highest BCUT2D eigenvalue weighted by Gasteiger charge is 2.12. The maximum Gasteiger partial charge on any atom is 0.234 e. The van der Waals surface area contributed by atoms with Crippen LogP contribution in [-0.2, 0) is 11.2 Å². The van der Waals surface area contributed by atoms with Gasteiger partial charge >= 0.3 is 0 Å². The van der Waals surface area contributed by atoms with Crippen LogP contribution in [0, 0.1) is 0 Å². The van der Waals surface area contributed by atoms with Crippen LogP contribution in [0.3, 0.4) is 0 Å². The first kappa shape index (κ1) is 17.2. The Balaban J connectivity index is 2.37. The van der Waals surface area contributed by atoms with E-state index in [9.17, 15) is 4.79 Å². The molecule has 0 aliphatic heterocycles. The molecule has 0 saturated heterocycles. The summed E-state index contributed by atoms with van der Waals surface area (Å²) in [5, 5.41) is 12.9. The number of carbonyl (C=O) groups excluding carboxylic acids is 1. The van der Waals surface area contributed by atoms with Gasteiger partial charge in [0.05, 0.1) is 23.2 Å². The molecule has 20 heavy (non-hydrogen) atoms. The summed E-state index contributed by atoms with van der Waals surface area (Å²) in [5.41, 5.74) is 0.913. The van der Waals surface area contributed by atoms with E-state index in [0.29, 0.717) is 23.0 Å². The maximum atomic E-state index is 11.7. The molecule has 0 aliphatic carbocycles. The minimum absolute atomic E-state index is 0.0297. The number of nitrogens with one attached hydrogen (secondary N) is 1. The number of benzene rings is 1. The Morgan fingerprint density at radius 2 is 2.15 bits per heavy atom. The maximum absolute atomic E-state index is 11.7. The van der Waals surface area contributed by atoms with Gasteiger partial charge in [0.2, 0.25) is 5.91 Å². The standard InChI is InChI=1S/C14H20Cl2N2O2/c1-10(9-19)18(2)8-13(20)17-7-6-11-4-3-5-12(15)14(11)16/h3-5,10,19H,6-9H2,1-2H3,(H,17,20). The third kappa shape index (κ3) is 5.29. The summed E-state index contributed by atoms with van der Waals surface area (Å²) in [5.74, 6) is -0.0778. The quantitative estimate of drug-likeness (QED) is 0.808. The average Bonchev–Trinajstić information content (AvgIpc) is 2.42. The van der Waals surface area contributed by atoms with Gasteiger partial charge in [-0.2, -0.15) is 0 Å². The fourth-order valence-electron chi connectivity index (χ4n) is 1.66. The number of carbonyl (C=O) groups is 1. The van der Waals surface area contributed by atoms with Gasteiger partial charge in [-0.25, -0.2) is 0 Å². The molecule has 4 nitrogen and oxygen atoms in total. The van der Waals surface area contributed by atoms with Gasteiger partial charge in [-0.15, -0.1) is 0 Å². The largest absolute Gasteiger partial charge is 0.395 e. The van der Waals surface area contributed by atoms with Crippen molar-refractivity contribution < 1.29 is 9.90 Å². The van der Waals surface area contributed by atoms with Crippen molar-refractivity contribution in [3.63, 3.8) is 0 Å². The van der Waals surface area contributed by atoms with Gasteiger partial charge in [0.25, 0.3) is 0 Å². The Kier molecular flexibility index (Phi) is 7.30. The van der Waals surface area contributed by atoms with Crippen molar-refractivity contribution in [1.82, 2.24) is 10.2 Å². The van der Waals surface area contributed by atoms with Gasteiger partial charge in [0, 0.05) is 12.6 Å². The molecule has 1 aromatic rings. The molecule has 1 amide bonds. The van der Waals surface area contributed by atoms with Crippen LogP contribution < -0.4 is 5.32 Å². The second-order valence-corrected chi connectivity index (χ2v) is 5.54. The molecule has 1 rings (SSSR count). The van der Waals surface area contributed by atoms with Gasteiger partial charge in [-0.3, -0.25) is 9.69 Å². The first-order chi connectivity index (χ1) is 9.45. The molecule has 1 atom stereocenters. The highest BCUT2D eigenvalue weighted by atomic mass is 35.5. The van der Waals surface area contributed by atoms with Gasteiger partial charge in [0.15, 0.2) is 0 Å². The molecule has 2 N–H and O–H groups in total. The first-order valence-electron chi connectivity index (χ1n) is 6.46. The average molecular weight is 319 g/mol. The van der Waals surface area contributed by atoms with Crippen LogP contribution in [0.1, 0.15) is 12.5 Å². The Morgan fingerprint density at radius 1 is 1.45 bits per heavy atom. The number of amides is 1. The number of nitrogens with zero attached hydrogens (tertiary/aromatic N) is 1. The highest BCUT2D eigenvalue weighted by molar-refractivity contribution is 6.42. The summed E-state index contributed by atoms with van der Waals surface area (Å²) >= 11 is 12.0. The molecule has 112 valence electrons. The lowest BCUT2D eigenvalue weighted by atomic mass is 10.1. The monoisotopic (exact) mass is 318 g/mol. The van der Waals surface area contributed by atoms with Crippen LogP contribution >= 0.6 is 23.2 Å². The molecule has 0 aromatic heterocycles. The molecule has 0 fully saturated rings. The van der Waals surface area contributed by atoms with E-state index in [0.717, 1.165) is 5.56 Å². The smallest absolute Gasteiger partial charge is 0.234 e. The van der Waals surface area contributed by atoms with Crippen molar-refractivity contribution in [3.8, 4) is 0 Å². The molecule has 6 heteroatoms. The lowest BCUT2D eigenvalue weighted by Crippen LogP contribution is -2.41. The molecule has 0 saturated carbocycles. The van der Waals surface area contributed by atoms with Crippen LogP contribution in [0.2, 0.25) is 10.0 Å². The van der Waals surface area contributed by atoms with E-state index >= 15 is 0 Å². The Hall–Kier alpha value is -0.810. The number of aliphatic hydroxyl groups is 1. The van der Waals surface area contributed by atoms with Crippen molar-refractivity contribution in [3.05, 3.63) is 33.8 Å². The third-order valence-corrected chi connectivity index (χ3v) is 4.02. The number of hydrogen-bond acceptors (Lipinski definition) is 3. The van der Waals surface area contributed by atoms with Crippen LogP contribution in [0.5, 0.6) is 0 Å². The molecule has 1 aromatic carbocycles. The summed E-state index contributed by atoms with van der Waals surface area (Å²) in [4.78, 5) is 13.5. The molecule has 1 unspecified atom stereocenters. The number of rotatable bonds is 7. The predicted molar refractivity (Wildman–Crippen MR) is 82.4 cm³/mol. The summed E-state index contributed by atoms with van der Waals surface area (Å²) in [7, 11) is 1.80. The first-order valence-corrected chi connectivity index (χ1v) is 7.22. The van der Waals surface area contributed by atoms with Crippen LogP contribution in [0.4, 0.5) is 0 Å². The van der Waals surface area contributed by atoms with E-state index in [-0.39, 0.29) is 25.1 Å². The van der Waals surface area contributed by atoms with E-state index in [1.54, 1.807) is 18.0 Å². The van der Waals surface area contributed by atoms with Gasteiger partial charge < -0.3 is 10.4 Å². The van der Waals surface area contributed by atoms with Crippen molar-refractivity contribution >= 4 is 29.1 Å². The van der Waals surface area contributed by atoms with Crippen LogP contribution in [0.15, 0.2) is 18.2 Å². The molecule has 0 aliphatic rings. The minimum Gasteiger partial charge on any atom is -0.395 e. The SMILES string of the molecule is CC(CO)N(C)CC(=O)NCCc1cccc(Cl)c1Cl. The zero-order valence-corrected chi connectivity index (χ0v) is 13.2. The van der Waals surface area contributed by atoms with Crippen molar-refractivity contribution in [2.24, 2.45) is 0 Å². The van der Waals surface area contributed by atoms with Crippen LogP contribution in [-0.4, -0.2) is 48.7 Å².